The van der Waals surface area contributed by atoms with Gasteiger partial charge in [0.1, 0.15) is 12.3 Å². The predicted molar refractivity (Wildman–Crippen MR) is 81.0 cm³/mol. The number of amides is 1. The van der Waals surface area contributed by atoms with Crippen molar-refractivity contribution in [2.45, 2.75) is 19.9 Å². The third kappa shape index (κ3) is 5.15. The molecule has 0 aliphatic carbocycles. The van der Waals surface area contributed by atoms with Crippen LogP contribution in [0.5, 0.6) is 5.75 Å². The number of hydrogen-bond acceptors (Lipinski definition) is 4. The van der Waals surface area contributed by atoms with E-state index >= 15 is 0 Å². The monoisotopic (exact) mass is 314 g/mol. The molecule has 21 heavy (non-hydrogen) atoms. The molecule has 1 amide bonds. The molecule has 7 heteroatoms. The lowest BCUT2D eigenvalue weighted by Crippen LogP contribution is -2.43. The minimum Gasteiger partial charge on any atom is -0.495 e. The van der Waals surface area contributed by atoms with Gasteiger partial charge in [0.15, 0.2) is 0 Å². The number of nitrogens with one attached hydrogen (secondary N) is 1. The van der Waals surface area contributed by atoms with Gasteiger partial charge in [-0.05, 0) is 32.0 Å². The summed E-state index contributed by atoms with van der Waals surface area (Å²) < 4.78 is 5.16. The number of nitrogens with zero attached hydrogens (tertiary/aromatic N) is 1. The Labute approximate surface area is 128 Å². The molecule has 0 unspecified atom stereocenters. The second-order valence-electron chi connectivity index (χ2n) is 4.71. The number of methoxy groups -OCH3 is 1. The lowest BCUT2D eigenvalue weighted by atomic mass is 10.2. The standard InChI is InChI=1S/C14H19ClN2O4/c1-9(2)17(8-14(19)20)13(18)7-16-11-6-10(15)4-5-12(11)21-3/h4-6,9,16H,7-8H2,1-3H3,(H,19,20). The minimum absolute atomic E-state index is 0.0395. The maximum atomic E-state index is 12.1. The van der Waals surface area contributed by atoms with Crippen LogP contribution in [0.2, 0.25) is 5.02 Å². The van der Waals surface area contributed by atoms with Crippen molar-refractivity contribution in [1.82, 2.24) is 4.90 Å². The highest BCUT2D eigenvalue weighted by molar-refractivity contribution is 6.30. The summed E-state index contributed by atoms with van der Waals surface area (Å²) in [5, 5.41) is 12.3. The van der Waals surface area contributed by atoms with Crippen molar-refractivity contribution < 1.29 is 19.4 Å². The summed E-state index contributed by atoms with van der Waals surface area (Å²) in [5.74, 6) is -0.798. The van der Waals surface area contributed by atoms with Gasteiger partial charge in [0.2, 0.25) is 5.91 Å². The van der Waals surface area contributed by atoms with Gasteiger partial charge in [-0.1, -0.05) is 11.6 Å². The second-order valence-corrected chi connectivity index (χ2v) is 5.14. The first-order valence-electron chi connectivity index (χ1n) is 6.43. The molecule has 116 valence electrons. The van der Waals surface area contributed by atoms with Crippen molar-refractivity contribution in [2.24, 2.45) is 0 Å². The number of ether oxygens (including phenoxy) is 1. The Hall–Kier alpha value is -1.95. The lowest BCUT2D eigenvalue weighted by Gasteiger charge is -2.25. The van der Waals surface area contributed by atoms with Crippen molar-refractivity contribution in [2.75, 3.05) is 25.5 Å². The van der Waals surface area contributed by atoms with E-state index in [1.807, 2.05) is 0 Å². The zero-order valence-corrected chi connectivity index (χ0v) is 13.0. The largest absolute Gasteiger partial charge is 0.495 e. The van der Waals surface area contributed by atoms with E-state index in [1.165, 1.54) is 12.0 Å². The van der Waals surface area contributed by atoms with Crippen molar-refractivity contribution in [1.29, 1.82) is 0 Å². The Bertz CT molecular complexity index is 520. The Kier molecular flexibility index (Phi) is 6.30. The summed E-state index contributed by atoms with van der Waals surface area (Å²) in [5.41, 5.74) is 0.581. The first-order chi connectivity index (χ1) is 9.85. The number of carboxylic acids is 1. The van der Waals surface area contributed by atoms with Crippen molar-refractivity contribution in [3.05, 3.63) is 23.2 Å². The Balaban J connectivity index is 2.75. The Morgan fingerprint density at radius 2 is 2.10 bits per heavy atom. The first kappa shape index (κ1) is 17.1. The number of benzene rings is 1. The third-order valence-electron chi connectivity index (χ3n) is 2.84. The zero-order valence-electron chi connectivity index (χ0n) is 12.2. The van der Waals surface area contributed by atoms with Crippen molar-refractivity contribution in [3.8, 4) is 5.75 Å². The van der Waals surface area contributed by atoms with E-state index in [2.05, 4.69) is 5.32 Å². The molecule has 0 aliphatic heterocycles. The summed E-state index contributed by atoms with van der Waals surface area (Å²) in [4.78, 5) is 24.2. The highest BCUT2D eigenvalue weighted by Gasteiger charge is 2.19. The average Bonchev–Trinajstić information content (AvgIpc) is 2.41. The quantitative estimate of drug-likeness (QED) is 0.805. The SMILES string of the molecule is COc1ccc(Cl)cc1NCC(=O)N(CC(=O)O)C(C)C. The molecule has 0 atom stereocenters. The molecule has 0 aromatic heterocycles. The molecule has 0 heterocycles. The van der Waals surface area contributed by atoms with Gasteiger partial charge in [-0.2, -0.15) is 0 Å². The topological polar surface area (TPSA) is 78.9 Å². The molecular formula is C14H19ClN2O4. The van der Waals surface area contributed by atoms with E-state index in [-0.39, 0.29) is 25.0 Å². The van der Waals surface area contributed by atoms with Gasteiger partial charge in [-0.3, -0.25) is 9.59 Å². The van der Waals surface area contributed by atoms with Gasteiger partial charge in [0.25, 0.3) is 0 Å². The number of carbonyl (C=O) groups is 2. The van der Waals surface area contributed by atoms with E-state index in [4.69, 9.17) is 21.4 Å². The minimum atomic E-state index is -1.04. The number of rotatable bonds is 7. The molecule has 1 rings (SSSR count). The molecule has 1 aromatic carbocycles. The van der Waals surface area contributed by atoms with Gasteiger partial charge in [0, 0.05) is 11.1 Å². The summed E-state index contributed by atoms with van der Waals surface area (Å²) >= 11 is 5.90. The molecule has 1 aromatic rings. The Morgan fingerprint density at radius 1 is 1.43 bits per heavy atom. The molecule has 0 saturated heterocycles. The third-order valence-corrected chi connectivity index (χ3v) is 3.08. The summed E-state index contributed by atoms with van der Waals surface area (Å²) in [6.07, 6.45) is 0. The number of hydrogen-bond donors (Lipinski definition) is 2. The van der Waals surface area contributed by atoms with Crippen LogP contribution in [0, 0.1) is 0 Å². The molecule has 0 radical (unpaired) electrons. The molecular weight excluding hydrogens is 296 g/mol. The molecule has 0 spiro atoms. The Morgan fingerprint density at radius 3 is 2.62 bits per heavy atom. The first-order valence-corrected chi connectivity index (χ1v) is 6.81. The van der Waals surface area contributed by atoms with Crippen LogP contribution in [0.1, 0.15) is 13.8 Å². The number of aliphatic carboxylic acids is 1. The summed E-state index contributed by atoms with van der Waals surface area (Å²) in [7, 11) is 1.51. The maximum absolute atomic E-state index is 12.1. The van der Waals surface area contributed by atoms with E-state index in [0.717, 1.165) is 0 Å². The van der Waals surface area contributed by atoms with E-state index in [0.29, 0.717) is 16.5 Å². The normalized spacial score (nSPS) is 10.3. The van der Waals surface area contributed by atoms with Crippen LogP contribution in [0.4, 0.5) is 5.69 Å². The fourth-order valence-corrected chi connectivity index (χ4v) is 1.97. The maximum Gasteiger partial charge on any atom is 0.323 e. The van der Waals surface area contributed by atoms with Gasteiger partial charge < -0.3 is 20.1 Å². The molecule has 6 nitrogen and oxygen atoms in total. The van der Waals surface area contributed by atoms with E-state index in [1.54, 1.807) is 32.0 Å². The second kappa shape index (κ2) is 7.73. The van der Waals surface area contributed by atoms with E-state index in [9.17, 15) is 9.59 Å². The lowest BCUT2D eigenvalue weighted by molar-refractivity contribution is -0.145. The highest BCUT2D eigenvalue weighted by atomic mass is 35.5. The highest BCUT2D eigenvalue weighted by Crippen LogP contribution is 2.27. The fraction of sp³-hybridized carbons (Fsp3) is 0.429. The molecule has 0 saturated carbocycles. The van der Waals surface area contributed by atoms with Gasteiger partial charge in [0.05, 0.1) is 19.3 Å². The summed E-state index contributed by atoms with van der Waals surface area (Å²) in [6, 6.07) is 4.81. The number of anilines is 1. The van der Waals surface area contributed by atoms with Crippen LogP contribution in [0.3, 0.4) is 0 Å². The number of carbonyl (C=O) groups excluding carboxylic acids is 1. The number of halogens is 1. The smallest absolute Gasteiger partial charge is 0.323 e. The van der Waals surface area contributed by atoms with E-state index < -0.39 is 5.97 Å². The predicted octanol–water partition coefficient (Wildman–Crippen LogP) is 2.08. The molecule has 0 bridgehead atoms. The zero-order chi connectivity index (χ0) is 16.0. The average molecular weight is 315 g/mol. The summed E-state index contributed by atoms with van der Waals surface area (Å²) in [6.45, 7) is 3.16. The van der Waals surface area contributed by atoms with Crippen LogP contribution in [0.15, 0.2) is 18.2 Å². The molecule has 0 fully saturated rings. The van der Waals surface area contributed by atoms with Gasteiger partial charge in [-0.25, -0.2) is 0 Å². The van der Waals surface area contributed by atoms with Crippen molar-refractivity contribution >= 4 is 29.2 Å². The van der Waals surface area contributed by atoms with Crippen molar-refractivity contribution in [3.63, 3.8) is 0 Å². The van der Waals surface area contributed by atoms with Gasteiger partial charge >= 0.3 is 5.97 Å². The number of carboxylic acid groups (broad SMARTS) is 1. The van der Waals surface area contributed by atoms with Crippen LogP contribution in [0.25, 0.3) is 0 Å². The van der Waals surface area contributed by atoms with Gasteiger partial charge in [-0.15, -0.1) is 0 Å². The molecule has 2 N–H and O–H groups in total. The van der Waals surface area contributed by atoms with Crippen LogP contribution in [-0.4, -0.2) is 48.1 Å². The van der Waals surface area contributed by atoms with Crippen LogP contribution < -0.4 is 10.1 Å². The molecule has 0 aliphatic rings. The van der Waals surface area contributed by atoms with Crippen LogP contribution in [-0.2, 0) is 9.59 Å². The van der Waals surface area contributed by atoms with Crippen LogP contribution >= 0.6 is 11.6 Å². The fourth-order valence-electron chi connectivity index (χ4n) is 1.80.